The summed E-state index contributed by atoms with van der Waals surface area (Å²) >= 11 is 7.39. The minimum atomic E-state index is -0.720. The smallest absolute Gasteiger partial charge is 0.295 e. The highest BCUT2D eigenvalue weighted by Crippen LogP contribution is 2.25. The molecular weight excluding hydrogens is 641 g/mol. The molecule has 0 saturated heterocycles. The quantitative estimate of drug-likeness (QED) is 0.117. The molecule has 9 nitrogen and oxygen atoms in total. The molecule has 5 rings (SSSR count). The van der Waals surface area contributed by atoms with Gasteiger partial charge in [-0.15, -0.1) is 11.8 Å². The fourth-order valence-corrected chi connectivity index (χ4v) is 5.61. The first-order chi connectivity index (χ1) is 22.6. The van der Waals surface area contributed by atoms with Crippen LogP contribution in [0, 0.1) is 12.7 Å². The van der Waals surface area contributed by atoms with Gasteiger partial charge >= 0.3 is 0 Å². The second-order valence-corrected chi connectivity index (χ2v) is 11.7. The standard InChI is InChI=1S/C35H29ClFN5O4S/c1-22-32(35(46)42(41(22)2)25-14-7-4-8-15-25)40-31(43)21-47-26-16-9-13-24(19-26)38-34(45)30(20-27-28(36)17-10-18-29(27)37)39-33(44)23-11-5-3-6-12-23/h3-20H,21H2,1-2H3,(H,38,45)(H,39,44)(H,40,43)/b30-20+. The van der Waals surface area contributed by atoms with E-state index in [4.69, 9.17) is 11.6 Å². The summed E-state index contributed by atoms with van der Waals surface area (Å²) in [7, 11) is 1.74. The van der Waals surface area contributed by atoms with Crippen molar-refractivity contribution >= 4 is 58.5 Å². The Morgan fingerprint density at radius 2 is 1.57 bits per heavy atom. The van der Waals surface area contributed by atoms with Crippen LogP contribution in [-0.2, 0) is 16.6 Å². The Morgan fingerprint density at radius 3 is 2.28 bits per heavy atom. The summed E-state index contributed by atoms with van der Waals surface area (Å²) in [6.07, 6.45) is 1.17. The predicted molar refractivity (Wildman–Crippen MR) is 183 cm³/mol. The van der Waals surface area contributed by atoms with E-state index in [9.17, 15) is 23.6 Å². The number of amides is 3. The van der Waals surface area contributed by atoms with Crippen LogP contribution in [0.5, 0.6) is 0 Å². The Kier molecular flexibility index (Phi) is 10.4. The molecule has 5 aromatic rings. The molecular formula is C35H29ClFN5O4S. The Labute approximate surface area is 279 Å². The molecule has 238 valence electrons. The van der Waals surface area contributed by atoms with Gasteiger partial charge < -0.3 is 16.0 Å². The van der Waals surface area contributed by atoms with Crippen LogP contribution < -0.4 is 21.5 Å². The van der Waals surface area contributed by atoms with Crippen molar-refractivity contribution in [3.63, 3.8) is 0 Å². The van der Waals surface area contributed by atoms with Crippen LogP contribution in [0.2, 0.25) is 5.02 Å². The van der Waals surface area contributed by atoms with E-state index >= 15 is 0 Å². The van der Waals surface area contributed by atoms with E-state index in [1.54, 1.807) is 85.4 Å². The number of halogens is 2. The molecule has 0 aliphatic carbocycles. The molecule has 0 aliphatic heterocycles. The van der Waals surface area contributed by atoms with Crippen molar-refractivity contribution in [2.75, 3.05) is 16.4 Å². The van der Waals surface area contributed by atoms with Gasteiger partial charge in [0.1, 0.15) is 17.2 Å². The number of nitrogens with one attached hydrogen (secondary N) is 3. The van der Waals surface area contributed by atoms with Crippen molar-refractivity contribution in [3.05, 3.63) is 147 Å². The van der Waals surface area contributed by atoms with Crippen molar-refractivity contribution in [2.45, 2.75) is 11.8 Å². The average Bonchev–Trinajstić information content (AvgIpc) is 3.28. The van der Waals surface area contributed by atoms with Gasteiger partial charge in [-0.05, 0) is 67.6 Å². The van der Waals surface area contributed by atoms with E-state index in [0.717, 1.165) is 0 Å². The molecule has 0 spiro atoms. The molecule has 0 aliphatic rings. The number of thioether (sulfide) groups is 1. The first-order valence-corrected chi connectivity index (χ1v) is 15.7. The topological polar surface area (TPSA) is 114 Å². The van der Waals surface area contributed by atoms with Crippen LogP contribution >= 0.6 is 23.4 Å². The van der Waals surface area contributed by atoms with Gasteiger partial charge in [0.2, 0.25) is 5.91 Å². The second kappa shape index (κ2) is 14.8. The first-order valence-electron chi connectivity index (χ1n) is 14.3. The highest BCUT2D eigenvalue weighted by molar-refractivity contribution is 8.00. The van der Waals surface area contributed by atoms with Crippen LogP contribution in [-0.4, -0.2) is 32.8 Å². The van der Waals surface area contributed by atoms with E-state index in [0.29, 0.717) is 27.5 Å². The van der Waals surface area contributed by atoms with Crippen molar-refractivity contribution in [2.24, 2.45) is 7.05 Å². The fraction of sp³-hybridized carbons (Fsp3) is 0.0857. The summed E-state index contributed by atoms with van der Waals surface area (Å²) < 4.78 is 17.8. The van der Waals surface area contributed by atoms with Gasteiger partial charge in [-0.1, -0.05) is 60.1 Å². The van der Waals surface area contributed by atoms with E-state index in [1.165, 1.54) is 40.7 Å². The Hall–Kier alpha value is -5.39. The summed E-state index contributed by atoms with van der Waals surface area (Å²) in [5.41, 5.74) is 1.48. The minimum absolute atomic E-state index is 0.0133. The molecule has 0 atom stereocenters. The summed E-state index contributed by atoms with van der Waals surface area (Å²) in [6, 6.07) is 28.2. The summed E-state index contributed by atoms with van der Waals surface area (Å²) in [4.78, 5) is 53.0. The lowest BCUT2D eigenvalue weighted by Crippen LogP contribution is -2.30. The van der Waals surface area contributed by atoms with Crippen LogP contribution in [0.1, 0.15) is 21.6 Å². The molecule has 4 aromatic carbocycles. The molecule has 3 amide bonds. The lowest BCUT2D eigenvalue weighted by Gasteiger charge is -2.13. The molecule has 1 aromatic heterocycles. The summed E-state index contributed by atoms with van der Waals surface area (Å²) in [5, 5.41) is 8.07. The maximum absolute atomic E-state index is 14.6. The van der Waals surface area contributed by atoms with E-state index in [-0.39, 0.29) is 39.2 Å². The minimum Gasteiger partial charge on any atom is -0.321 e. The van der Waals surface area contributed by atoms with Crippen LogP contribution in [0.4, 0.5) is 15.8 Å². The third kappa shape index (κ3) is 7.89. The number of nitrogens with zero attached hydrogens (tertiary/aromatic N) is 2. The number of aromatic nitrogens is 2. The van der Waals surface area contributed by atoms with Crippen molar-refractivity contribution in [1.82, 2.24) is 14.7 Å². The van der Waals surface area contributed by atoms with E-state index in [2.05, 4.69) is 16.0 Å². The Morgan fingerprint density at radius 1 is 0.894 bits per heavy atom. The van der Waals surface area contributed by atoms with E-state index < -0.39 is 17.6 Å². The molecule has 0 bridgehead atoms. The van der Waals surface area contributed by atoms with Crippen LogP contribution in [0.3, 0.4) is 0 Å². The SMILES string of the molecule is Cc1c(NC(=O)CSc2cccc(NC(=O)/C(=C\c3c(F)cccc3Cl)NC(=O)c3ccccc3)c2)c(=O)n(-c2ccccc2)n1C. The molecule has 47 heavy (non-hydrogen) atoms. The van der Waals surface area contributed by atoms with Gasteiger partial charge in [0.25, 0.3) is 17.4 Å². The normalized spacial score (nSPS) is 11.2. The van der Waals surface area contributed by atoms with Gasteiger partial charge in [0.05, 0.1) is 22.2 Å². The maximum atomic E-state index is 14.6. The summed E-state index contributed by atoms with van der Waals surface area (Å²) in [6.45, 7) is 1.75. The second-order valence-electron chi connectivity index (χ2n) is 10.3. The first kappa shape index (κ1) is 33.0. The average molecular weight is 670 g/mol. The number of benzene rings is 4. The summed E-state index contributed by atoms with van der Waals surface area (Å²) in [5.74, 6) is -2.36. The van der Waals surface area contributed by atoms with Gasteiger partial charge in [0, 0.05) is 28.8 Å². The highest BCUT2D eigenvalue weighted by atomic mass is 35.5. The number of para-hydroxylation sites is 1. The monoisotopic (exact) mass is 669 g/mol. The fourth-order valence-electron chi connectivity index (χ4n) is 4.63. The number of anilines is 2. The molecule has 0 radical (unpaired) electrons. The van der Waals surface area contributed by atoms with Crippen LogP contribution in [0.15, 0.2) is 119 Å². The predicted octanol–water partition coefficient (Wildman–Crippen LogP) is 6.42. The highest BCUT2D eigenvalue weighted by Gasteiger charge is 2.19. The number of carbonyl (C=O) groups is 3. The number of hydrogen-bond acceptors (Lipinski definition) is 5. The van der Waals surface area contributed by atoms with E-state index in [1.807, 2.05) is 18.2 Å². The zero-order chi connectivity index (χ0) is 33.5. The third-order valence-electron chi connectivity index (χ3n) is 7.10. The zero-order valence-electron chi connectivity index (χ0n) is 25.3. The Balaban J connectivity index is 1.29. The lowest BCUT2D eigenvalue weighted by molar-refractivity contribution is -0.114. The molecule has 1 heterocycles. The van der Waals surface area contributed by atoms with Crippen molar-refractivity contribution in [3.8, 4) is 5.69 Å². The maximum Gasteiger partial charge on any atom is 0.295 e. The van der Waals surface area contributed by atoms with Gasteiger partial charge in [0.15, 0.2) is 0 Å². The zero-order valence-corrected chi connectivity index (χ0v) is 26.9. The molecule has 12 heteroatoms. The van der Waals surface area contributed by atoms with Gasteiger partial charge in [-0.25, -0.2) is 9.07 Å². The largest absolute Gasteiger partial charge is 0.321 e. The van der Waals surface area contributed by atoms with Gasteiger partial charge in [-0.2, -0.15) is 0 Å². The third-order valence-corrected chi connectivity index (χ3v) is 8.42. The molecule has 0 unspecified atom stereocenters. The number of hydrogen-bond donors (Lipinski definition) is 3. The molecule has 0 fully saturated rings. The molecule has 3 N–H and O–H groups in total. The Bertz CT molecular complexity index is 2020. The molecule has 0 saturated carbocycles. The lowest BCUT2D eigenvalue weighted by atomic mass is 10.1. The number of rotatable bonds is 10. The van der Waals surface area contributed by atoms with Gasteiger partial charge in [-0.3, -0.25) is 23.9 Å². The van der Waals surface area contributed by atoms with Crippen molar-refractivity contribution < 1.29 is 18.8 Å². The van der Waals surface area contributed by atoms with Crippen LogP contribution in [0.25, 0.3) is 11.8 Å². The number of carbonyl (C=O) groups excluding carboxylic acids is 3. The van der Waals surface area contributed by atoms with Crippen molar-refractivity contribution in [1.29, 1.82) is 0 Å².